The zero-order valence-corrected chi connectivity index (χ0v) is 15.1. The Bertz CT molecular complexity index is 1090. The predicted octanol–water partition coefficient (Wildman–Crippen LogP) is 5.52. The predicted molar refractivity (Wildman–Crippen MR) is 102 cm³/mol. The lowest BCUT2D eigenvalue weighted by atomic mass is 10.0. The van der Waals surface area contributed by atoms with Crippen LogP contribution in [0.25, 0.3) is 33.6 Å². The SMILES string of the molecule is Cc1ccc2cc(-c3cc(-c4ccccc4C)[n+](C)cc3C)oc2c1. The van der Waals surface area contributed by atoms with Crippen LogP contribution >= 0.6 is 0 Å². The minimum atomic E-state index is 0.925. The van der Waals surface area contributed by atoms with Gasteiger partial charge in [0.05, 0.1) is 0 Å². The highest BCUT2D eigenvalue weighted by Gasteiger charge is 2.18. The van der Waals surface area contributed by atoms with Crippen LogP contribution in [0.1, 0.15) is 16.7 Å². The van der Waals surface area contributed by atoms with Gasteiger partial charge in [-0.1, -0.05) is 30.3 Å². The highest BCUT2D eigenvalue weighted by Crippen LogP contribution is 2.32. The molecule has 0 aliphatic carbocycles. The van der Waals surface area contributed by atoms with Crippen molar-refractivity contribution >= 4 is 11.0 Å². The Morgan fingerprint density at radius 1 is 0.800 bits per heavy atom. The molecule has 0 spiro atoms. The molecule has 0 fully saturated rings. The third-order valence-electron chi connectivity index (χ3n) is 4.84. The van der Waals surface area contributed by atoms with Gasteiger partial charge in [0, 0.05) is 28.1 Å². The van der Waals surface area contributed by atoms with E-state index in [9.17, 15) is 0 Å². The summed E-state index contributed by atoms with van der Waals surface area (Å²) in [4.78, 5) is 0. The number of hydrogen-bond donors (Lipinski definition) is 0. The van der Waals surface area contributed by atoms with Crippen molar-refractivity contribution in [3.8, 4) is 22.6 Å². The van der Waals surface area contributed by atoms with Crippen LogP contribution in [0, 0.1) is 20.8 Å². The molecule has 4 aromatic rings. The van der Waals surface area contributed by atoms with Crippen LogP contribution in [0.2, 0.25) is 0 Å². The topological polar surface area (TPSA) is 17.0 Å². The molecule has 2 aromatic carbocycles. The van der Waals surface area contributed by atoms with E-state index >= 15 is 0 Å². The molecule has 0 unspecified atom stereocenters. The number of aromatic nitrogens is 1. The van der Waals surface area contributed by atoms with Gasteiger partial charge in [0.1, 0.15) is 18.4 Å². The largest absolute Gasteiger partial charge is 0.456 e. The normalized spacial score (nSPS) is 11.2. The number of pyridine rings is 1. The van der Waals surface area contributed by atoms with Gasteiger partial charge in [-0.05, 0) is 50.1 Å². The van der Waals surface area contributed by atoms with Gasteiger partial charge in [0.25, 0.3) is 0 Å². The molecule has 2 nitrogen and oxygen atoms in total. The van der Waals surface area contributed by atoms with E-state index in [0.29, 0.717) is 0 Å². The standard InChI is InChI=1S/C23H22NO/c1-15-9-10-18-12-23(25-22(18)11-15)20-13-21(24(4)14-17(20)3)19-8-6-5-7-16(19)2/h5-14H,1-4H3/q+1. The molecule has 0 aliphatic heterocycles. The molecular formula is C23H22NO+. The minimum absolute atomic E-state index is 0.925. The Kier molecular flexibility index (Phi) is 3.69. The Hall–Kier alpha value is -2.87. The Balaban J connectivity index is 1.92. The van der Waals surface area contributed by atoms with Gasteiger partial charge in [-0.2, -0.15) is 0 Å². The molecule has 0 saturated carbocycles. The number of nitrogens with zero attached hydrogens (tertiary/aromatic N) is 1. The number of hydrogen-bond acceptors (Lipinski definition) is 1. The fourth-order valence-corrected chi connectivity index (χ4v) is 3.45. The van der Waals surface area contributed by atoms with Crippen molar-refractivity contribution in [3.63, 3.8) is 0 Å². The third-order valence-corrected chi connectivity index (χ3v) is 4.84. The number of aryl methyl sites for hydroxylation is 4. The lowest BCUT2D eigenvalue weighted by Crippen LogP contribution is -2.31. The number of fused-ring (bicyclic) bond motifs is 1. The van der Waals surface area contributed by atoms with E-state index in [1.165, 1.54) is 27.9 Å². The van der Waals surface area contributed by atoms with Gasteiger partial charge in [-0.25, -0.2) is 4.57 Å². The molecule has 0 aliphatic rings. The fourth-order valence-electron chi connectivity index (χ4n) is 3.45. The highest BCUT2D eigenvalue weighted by atomic mass is 16.3. The molecule has 0 saturated heterocycles. The van der Waals surface area contributed by atoms with E-state index < -0.39 is 0 Å². The zero-order chi connectivity index (χ0) is 17.6. The Labute approximate surface area is 148 Å². The van der Waals surface area contributed by atoms with Crippen LogP contribution in [0.15, 0.2) is 65.2 Å². The molecule has 4 rings (SSSR count). The second kappa shape index (κ2) is 5.89. The van der Waals surface area contributed by atoms with Crippen LogP contribution in [-0.4, -0.2) is 0 Å². The summed E-state index contributed by atoms with van der Waals surface area (Å²) in [6.45, 7) is 6.37. The van der Waals surface area contributed by atoms with Crippen LogP contribution in [-0.2, 0) is 7.05 Å². The average Bonchev–Trinajstić information content (AvgIpc) is 2.98. The van der Waals surface area contributed by atoms with Crippen molar-refractivity contribution < 1.29 is 8.98 Å². The first-order chi connectivity index (χ1) is 12.0. The molecule has 124 valence electrons. The van der Waals surface area contributed by atoms with E-state index in [2.05, 4.69) is 93.2 Å². The second-order valence-electron chi connectivity index (χ2n) is 6.83. The summed E-state index contributed by atoms with van der Waals surface area (Å²) >= 11 is 0. The monoisotopic (exact) mass is 328 g/mol. The van der Waals surface area contributed by atoms with E-state index in [0.717, 1.165) is 22.3 Å². The van der Waals surface area contributed by atoms with E-state index in [1.807, 2.05) is 0 Å². The van der Waals surface area contributed by atoms with Gasteiger partial charge < -0.3 is 4.42 Å². The first-order valence-electron chi connectivity index (χ1n) is 8.60. The van der Waals surface area contributed by atoms with Crippen molar-refractivity contribution in [2.75, 3.05) is 0 Å². The maximum Gasteiger partial charge on any atom is 0.213 e. The second-order valence-corrected chi connectivity index (χ2v) is 6.83. The van der Waals surface area contributed by atoms with Crippen LogP contribution in [0.4, 0.5) is 0 Å². The summed E-state index contributed by atoms with van der Waals surface area (Å²) in [5.74, 6) is 0.925. The summed E-state index contributed by atoms with van der Waals surface area (Å²) < 4.78 is 8.36. The maximum absolute atomic E-state index is 6.17. The van der Waals surface area contributed by atoms with Crippen molar-refractivity contribution in [3.05, 3.63) is 77.5 Å². The molecule has 0 atom stereocenters. The molecule has 0 bridgehead atoms. The number of furan rings is 1. The first kappa shape index (κ1) is 15.6. The summed E-state index contributed by atoms with van der Waals surface area (Å²) in [7, 11) is 2.10. The zero-order valence-electron chi connectivity index (χ0n) is 15.1. The molecule has 0 N–H and O–H groups in total. The maximum atomic E-state index is 6.17. The van der Waals surface area contributed by atoms with E-state index in [-0.39, 0.29) is 0 Å². The number of rotatable bonds is 2. The number of benzene rings is 2. The van der Waals surface area contributed by atoms with Crippen molar-refractivity contribution in [2.45, 2.75) is 20.8 Å². The van der Waals surface area contributed by atoms with Crippen molar-refractivity contribution in [1.82, 2.24) is 0 Å². The van der Waals surface area contributed by atoms with Gasteiger partial charge in [0.2, 0.25) is 5.69 Å². The van der Waals surface area contributed by atoms with Gasteiger partial charge >= 0.3 is 0 Å². The fraction of sp³-hybridized carbons (Fsp3) is 0.174. The Morgan fingerprint density at radius 2 is 1.60 bits per heavy atom. The quantitative estimate of drug-likeness (QED) is 0.443. The first-order valence-corrected chi connectivity index (χ1v) is 8.60. The molecule has 0 amide bonds. The van der Waals surface area contributed by atoms with Crippen molar-refractivity contribution in [2.24, 2.45) is 7.05 Å². The summed E-state index contributed by atoms with van der Waals surface area (Å²) in [5.41, 5.74) is 8.22. The van der Waals surface area contributed by atoms with Gasteiger partial charge in [-0.15, -0.1) is 0 Å². The minimum Gasteiger partial charge on any atom is -0.456 e. The van der Waals surface area contributed by atoms with Crippen LogP contribution in [0.5, 0.6) is 0 Å². The van der Waals surface area contributed by atoms with E-state index in [1.54, 1.807) is 0 Å². The lowest BCUT2D eigenvalue weighted by Gasteiger charge is -2.08. The van der Waals surface area contributed by atoms with Crippen LogP contribution in [0.3, 0.4) is 0 Å². The molecule has 25 heavy (non-hydrogen) atoms. The summed E-state index contributed by atoms with van der Waals surface area (Å²) in [5, 5.41) is 1.14. The molecule has 2 heterocycles. The summed E-state index contributed by atoms with van der Waals surface area (Å²) in [6.07, 6.45) is 2.18. The average molecular weight is 328 g/mol. The Morgan fingerprint density at radius 3 is 2.40 bits per heavy atom. The molecule has 2 aromatic heterocycles. The third kappa shape index (κ3) is 2.74. The van der Waals surface area contributed by atoms with Gasteiger partial charge in [-0.3, -0.25) is 0 Å². The van der Waals surface area contributed by atoms with Gasteiger partial charge in [0.15, 0.2) is 6.20 Å². The van der Waals surface area contributed by atoms with Crippen molar-refractivity contribution in [1.29, 1.82) is 0 Å². The summed E-state index contributed by atoms with van der Waals surface area (Å²) in [6, 6.07) is 19.2. The molecule has 0 radical (unpaired) electrons. The lowest BCUT2D eigenvalue weighted by molar-refractivity contribution is -0.660. The molecular weight excluding hydrogens is 306 g/mol. The van der Waals surface area contributed by atoms with Crippen LogP contribution < -0.4 is 4.57 Å². The highest BCUT2D eigenvalue weighted by molar-refractivity contribution is 5.84. The smallest absolute Gasteiger partial charge is 0.213 e. The molecule has 2 heteroatoms. The van der Waals surface area contributed by atoms with E-state index in [4.69, 9.17) is 4.42 Å².